The molecular weight excluding hydrogens is 228 g/mol. The van der Waals surface area contributed by atoms with Crippen molar-refractivity contribution in [3.63, 3.8) is 0 Å². The molecule has 2 rings (SSSR count). The molecule has 0 amide bonds. The van der Waals surface area contributed by atoms with E-state index in [-0.39, 0.29) is 5.97 Å². The van der Waals surface area contributed by atoms with Crippen molar-refractivity contribution in [2.24, 2.45) is 11.8 Å². The van der Waals surface area contributed by atoms with Crippen LogP contribution in [0.4, 0.5) is 11.4 Å². The van der Waals surface area contributed by atoms with Gasteiger partial charge in [-0.15, -0.1) is 0 Å². The van der Waals surface area contributed by atoms with E-state index < -0.39 is 0 Å². The quantitative estimate of drug-likeness (QED) is 0.643. The highest BCUT2D eigenvalue weighted by molar-refractivity contribution is 5.98. The summed E-state index contributed by atoms with van der Waals surface area (Å²) in [6.45, 7) is 6.45. The molecule has 1 fully saturated rings. The molecule has 1 aromatic carbocycles. The fraction of sp³-hybridized carbons (Fsp3) is 0.500. The monoisotopic (exact) mass is 248 g/mol. The molecule has 0 aromatic heterocycles. The fourth-order valence-electron chi connectivity index (χ4n) is 2.44. The van der Waals surface area contributed by atoms with Gasteiger partial charge in [0.1, 0.15) is 0 Å². The lowest BCUT2D eigenvalue weighted by molar-refractivity contribution is 0.0602. The van der Waals surface area contributed by atoms with E-state index in [4.69, 9.17) is 10.5 Å². The SMILES string of the molecule is COC(=O)c1cccc(N2CC(C)C(C)C2)c1N. The van der Waals surface area contributed by atoms with Gasteiger partial charge in [0, 0.05) is 13.1 Å². The summed E-state index contributed by atoms with van der Waals surface area (Å²) < 4.78 is 4.74. The minimum absolute atomic E-state index is 0.380. The van der Waals surface area contributed by atoms with Gasteiger partial charge in [-0.2, -0.15) is 0 Å². The van der Waals surface area contributed by atoms with E-state index in [1.165, 1.54) is 7.11 Å². The Morgan fingerprint density at radius 2 is 1.94 bits per heavy atom. The van der Waals surface area contributed by atoms with Crippen LogP contribution in [-0.4, -0.2) is 26.2 Å². The van der Waals surface area contributed by atoms with Gasteiger partial charge in [0.25, 0.3) is 0 Å². The summed E-state index contributed by atoms with van der Waals surface area (Å²) in [5.41, 5.74) is 7.99. The number of nitrogens with zero attached hydrogens (tertiary/aromatic N) is 1. The Morgan fingerprint density at radius 1 is 1.33 bits per heavy atom. The molecule has 0 aliphatic carbocycles. The maximum atomic E-state index is 11.6. The van der Waals surface area contributed by atoms with Crippen LogP contribution in [0.25, 0.3) is 0 Å². The van der Waals surface area contributed by atoms with Gasteiger partial charge in [-0.05, 0) is 24.0 Å². The van der Waals surface area contributed by atoms with Crippen LogP contribution in [0.3, 0.4) is 0 Å². The summed E-state index contributed by atoms with van der Waals surface area (Å²) in [5.74, 6) is 0.909. The van der Waals surface area contributed by atoms with Crippen LogP contribution in [0, 0.1) is 11.8 Å². The molecule has 1 saturated heterocycles. The molecule has 4 heteroatoms. The number of ether oxygens (including phenoxy) is 1. The van der Waals surface area contributed by atoms with Gasteiger partial charge in [0.2, 0.25) is 0 Å². The van der Waals surface area contributed by atoms with Crippen LogP contribution >= 0.6 is 0 Å². The molecule has 2 atom stereocenters. The summed E-state index contributed by atoms with van der Waals surface area (Å²) in [7, 11) is 1.37. The Hall–Kier alpha value is -1.71. The van der Waals surface area contributed by atoms with Gasteiger partial charge < -0.3 is 15.4 Å². The van der Waals surface area contributed by atoms with Gasteiger partial charge in [-0.25, -0.2) is 4.79 Å². The molecule has 1 heterocycles. The second kappa shape index (κ2) is 4.88. The third-order valence-electron chi connectivity index (χ3n) is 3.82. The Balaban J connectivity index is 2.32. The summed E-state index contributed by atoms with van der Waals surface area (Å²) >= 11 is 0. The largest absolute Gasteiger partial charge is 0.465 e. The molecule has 1 aliphatic rings. The van der Waals surface area contributed by atoms with Crippen molar-refractivity contribution < 1.29 is 9.53 Å². The van der Waals surface area contributed by atoms with Gasteiger partial charge >= 0.3 is 5.97 Å². The average Bonchev–Trinajstić information content (AvgIpc) is 2.69. The van der Waals surface area contributed by atoms with Crippen molar-refractivity contribution in [3.8, 4) is 0 Å². The number of carbonyl (C=O) groups excluding carboxylic acids is 1. The zero-order chi connectivity index (χ0) is 13.3. The van der Waals surface area contributed by atoms with Crippen molar-refractivity contribution in [3.05, 3.63) is 23.8 Å². The summed E-state index contributed by atoms with van der Waals surface area (Å²) in [5, 5.41) is 0. The number of hydrogen-bond donors (Lipinski definition) is 1. The molecule has 4 nitrogen and oxygen atoms in total. The number of benzene rings is 1. The lowest BCUT2D eigenvalue weighted by Crippen LogP contribution is -2.22. The molecule has 2 N–H and O–H groups in total. The number of esters is 1. The maximum absolute atomic E-state index is 11.6. The number of nitrogen functional groups attached to an aromatic ring is 1. The normalized spacial score (nSPS) is 23.2. The third-order valence-corrected chi connectivity index (χ3v) is 3.82. The number of carbonyl (C=O) groups is 1. The maximum Gasteiger partial charge on any atom is 0.340 e. The van der Waals surface area contributed by atoms with E-state index >= 15 is 0 Å². The number of nitrogens with two attached hydrogens (primary N) is 1. The molecule has 0 spiro atoms. The highest BCUT2D eigenvalue weighted by Crippen LogP contribution is 2.33. The van der Waals surface area contributed by atoms with Crippen LogP contribution < -0.4 is 10.6 Å². The van der Waals surface area contributed by atoms with Crippen molar-refractivity contribution in [1.82, 2.24) is 0 Å². The molecule has 0 saturated carbocycles. The highest BCUT2D eigenvalue weighted by Gasteiger charge is 2.28. The lowest BCUT2D eigenvalue weighted by atomic mass is 10.0. The van der Waals surface area contributed by atoms with Crippen LogP contribution in [0.1, 0.15) is 24.2 Å². The zero-order valence-electron chi connectivity index (χ0n) is 11.1. The Bertz CT molecular complexity index is 449. The number of hydrogen-bond acceptors (Lipinski definition) is 4. The van der Waals surface area contributed by atoms with Gasteiger partial charge in [-0.1, -0.05) is 19.9 Å². The number of rotatable bonds is 2. The minimum atomic E-state index is -0.380. The van der Waals surface area contributed by atoms with E-state index in [0.717, 1.165) is 18.8 Å². The summed E-state index contributed by atoms with van der Waals surface area (Å²) in [6, 6.07) is 5.52. The van der Waals surface area contributed by atoms with Gasteiger partial charge in [0.05, 0.1) is 24.0 Å². The molecule has 0 bridgehead atoms. The van der Waals surface area contributed by atoms with E-state index in [2.05, 4.69) is 18.7 Å². The molecule has 98 valence electrons. The third kappa shape index (κ3) is 2.15. The van der Waals surface area contributed by atoms with Crippen LogP contribution in [0.2, 0.25) is 0 Å². The first-order chi connectivity index (χ1) is 8.54. The molecule has 18 heavy (non-hydrogen) atoms. The van der Waals surface area contributed by atoms with Crippen molar-refractivity contribution in [2.45, 2.75) is 13.8 Å². The summed E-state index contributed by atoms with van der Waals surface area (Å²) in [6.07, 6.45) is 0. The van der Waals surface area contributed by atoms with Crippen LogP contribution in [0.15, 0.2) is 18.2 Å². The van der Waals surface area contributed by atoms with Gasteiger partial charge in [-0.3, -0.25) is 0 Å². The number of methoxy groups -OCH3 is 1. The van der Waals surface area contributed by atoms with Gasteiger partial charge in [0.15, 0.2) is 0 Å². The predicted molar refractivity (Wildman–Crippen MR) is 72.7 cm³/mol. The lowest BCUT2D eigenvalue weighted by Gasteiger charge is -2.21. The van der Waals surface area contributed by atoms with E-state index in [1.807, 2.05) is 12.1 Å². The molecule has 0 radical (unpaired) electrons. The Labute approximate surface area is 108 Å². The predicted octanol–water partition coefficient (Wildman–Crippen LogP) is 2.15. The highest BCUT2D eigenvalue weighted by atomic mass is 16.5. The molecular formula is C14H20N2O2. The number of anilines is 2. The van der Waals surface area contributed by atoms with Crippen molar-refractivity contribution in [1.29, 1.82) is 0 Å². The zero-order valence-corrected chi connectivity index (χ0v) is 11.1. The first kappa shape index (κ1) is 12.7. The number of para-hydroxylation sites is 1. The van der Waals surface area contributed by atoms with Crippen LogP contribution in [0.5, 0.6) is 0 Å². The fourth-order valence-corrected chi connectivity index (χ4v) is 2.44. The molecule has 1 aliphatic heterocycles. The topological polar surface area (TPSA) is 55.6 Å². The first-order valence-corrected chi connectivity index (χ1v) is 6.26. The average molecular weight is 248 g/mol. The molecule has 1 aromatic rings. The van der Waals surface area contributed by atoms with Crippen LogP contribution in [-0.2, 0) is 4.74 Å². The summed E-state index contributed by atoms with van der Waals surface area (Å²) in [4.78, 5) is 13.9. The standard InChI is InChI=1S/C14H20N2O2/c1-9-7-16(8-10(9)2)12-6-4-5-11(13(12)15)14(17)18-3/h4-6,9-10H,7-8,15H2,1-3H3. The Morgan fingerprint density at radius 3 is 2.50 bits per heavy atom. The van der Waals surface area contributed by atoms with Crippen molar-refractivity contribution in [2.75, 3.05) is 30.8 Å². The molecule has 2 unspecified atom stereocenters. The van der Waals surface area contributed by atoms with E-state index in [9.17, 15) is 4.79 Å². The van der Waals surface area contributed by atoms with E-state index in [1.54, 1.807) is 6.07 Å². The Kier molecular flexibility index (Phi) is 3.45. The first-order valence-electron chi connectivity index (χ1n) is 6.26. The van der Waals surface area contributed by atoms with E-state index in [0.29, 0.717) is 23.1 Å². The second-order valence-corrected chi connectivity index (χ2v) is 5.09. The smallest absolute Gasteiger partial charge is 0.340 e. The van der Waals surface area contributed by atoms with Crippen molar-refractivity contribution >= 4 is 17.3 Å². The second-order valence-electron chi connectivity index (χ2n) is 5.09. The minimum Gasteiger partial charge on any atom is -0.465 e.